The van der Waals surface area contributed by atoms with Gasteiger partial charge in [-0.1, -0.05) is 0 Å². The lowest BCUT2D eigenvalue weighted by molar-refractivity contribution is -0.160. The number of carboxylic acids is 1. The van der Waals surface area contributed by atoms with E-state index in [2.05, 4.69) is 9.97 Å². The average molecular weight is 598 g/mol. The molecule has 1 N–H and O–H groups in total. The molecule has 228 valence electrons. The van der Waals surface area contributed by atoms with Gasteiger partial charge in [-0.25, -0.2) is 24.1 Å². The van der Waals surface area contributed by atoms with Crippen molar-refractivity contribution >= 4 is 17.0 Å². The minimum absolute atomic E-state index is 0.273. The van der Waals surface area contributed by atoms with Crippen LogP contribution in [-0.2, 0) is 23.0 Å². The first-order valence-corrected chi connectivity index (χ1v) is 14.7. The zero-order chi connectivity index (χ0) is 31.5. The second-order valence-electron chi connectivity index (χ2n) is 12.3. The molecule has 0 spiro atoms. The van der Waals surface area contributed by atoms with Crippen LogP contribution in [0, 0.1) is 26.6 Å². The van der Waals surface area contributed by atoms with Gasteiger partial charge in [0.25, 0.3) is 0 Å². The van der Waals surface area contributed by atoms with Crippen LogP contribution in [0.5, 0.6) is 5.75 Å². The fourth-order valence-corrected chi connectivity index (χ4v) is 6.18. The van der Waals surface area contributed by atoms with Crippen molar-refractivity contribution in [3.05, 3.63) is 76.9 Å². The number of hydrogen-bond acceptors (Lipinski definition) is 6. The van der Waals surface area contributed by atoms with Crippen molar-refractivity contribution in [3.8, 4) is 34.0 Å². The average Bonchev–Trinajstić information content (AvgIpc) is 3.55. The number of benzene rings is 1. The SMILES string of the molecule is Cc1nc2c(cc(-c3ccnc(-n4ccnc4C)c3)n2C)c(-c2cc(F)c3c(c2C)CCCO3)c1[C@H](OC(C)(C)C)C(=O)O. The highest BCUT2D eigenvalue weighted by molar-refractivity contribution is 6.01. The molecule has 1 aliphatic heterocycles. The van der Waals surface area contributed by atoms with Gasteiger partial charge in [0.2, 0.25) is 0 Å². The van der Waals surface area contributed by atoms with Crippen LogP contribution in [0.2, 0.25) is 0 Å². The number of halogens is 1. The predicted octanol–water partition coefficient (Wildman–Crippen LogP) is 6.82. The molecule has 1 aromatic carbocycles. The number of pyridine rings is 2. The number of nitrogens with zero attached hydrogens (tertiary/aromatic N) is 5. The molecule has 5 aromatic rings. The Balaban J connectivity index is 1.67. The predicted molar refractivity (Wildman–Crippen MR) is 166 cm³/mol. The number of carboxylic acid groups (broad SMARTS) is 1. The summed E-state index contributed by atoms with van der Waals surface area (Å²) in [7, 11) is 1.92. The summed E-state index contributed by atoms with van der Waals surface area (Å²) < 4.78 is 31.5. The molecule has 1 atom stereocenters. The number of imidazole rings is 1. The fraction of sp³-hybridized carbons (Fsp3) is 0.353. The Kier molecular flexibility index (Phi) is 7.28. The molecule has 6 rings (SSSR count). The van der Waals surface area contributed by atoms with Crippen LogP contribution < -0.4 is 4.74 Å². The zero-order valence-corrected chi connectivity index (χ0v) is 26.0. The van der Waals surface area contributed by atoms with Crippen molar-refractivity contribution in [3.63, 3.8) is 0 Å². The maximum atomic E-state index is 15.7. The van der Waals surface area contributed by atoms with Gasteiger partial charge in [-0.2, -0.15) is 0 Å². The lowest BCUT2D eigenvalue weighted by atomic mass is 9.86. The molecule has 10 heteroatoms. The highest BCUT2D eigenvalue weighted by Crippen LogP contribution is 2.45. The van der Waals surface area contributed by atoms with Crippen molar-refractivity contribution < 1.29 is 23.8 Å². The topological polar surface area (TPSA) is 104 Å². The van der Waals surface area contributed by atoms with Crippen molar-refractivity contribution in [2.45, 2.75) is 66.1 Å². The maximum Gasteiger partial charge on any atom is 0.337 e. The lowest BCUT2D eigenvalue weighted by Gasteiger charge is -2.29. The van der Waals surface area contributed by atoms with Gasteiger partial charge >= 0.3 is 5.97 Å². The molecule has 44 heavy (non-hydrogen) atoms. The minimum atomic E-state index is -1.34. The fourth-order valence-electron chi connectivity index (χ4n) is 6.18. The molecule has 5 heterocycles. The number of carbonyl (C=O) groups is 1. The van der Waals surface area contributed by atoms with E-state index in [1.54, 1.807) is 19.3 Å². The molecule has 0 saturated heterocycles. The van der Waals surface area contributed by atoms with E-state index in [1.807, 2.05) is 75.2 Å². The van der Waals surface area contributed by atoms with Crippen LogP contribution in [0.25, 0.3) is 39.2 Å². The molecule has 0 aliphatic carbocycles. The van der Waals surface area contributed by atoms with E-state index in [-0.39, 0.29) is 5.75 Å². The van der Waals surface area contributed by atoms with Gasteiger partial charge in [-0.05, 0) is 89.8 Å². The van der Waals surface area contributed by atoms with Crippen LogP contribution in [0.15, 0.2) is 42.9 Å². The second-order valence-corrected chi connectivity index (χ2v) is 12.3. The van der Waals surface area contributed by atoms with Gasteiger partial charge in [-0.3, -0.25) is 4.57 Å². The van der Waals surface area contributed by atoms with Crippen molar-refractivity contribution in [1.82, 2.24) is 24.1 Å². The Labute approximate surface area is 255 Å². The molecule has 0 amide bonds. The molecule has 0 unspecified atom stereocenters. The summed E-state index contributed by atoms with van der Waals surface area (Å²) in [5.74, 6) is 0.182. The minimum Gasteiger partial charge on any atom is -0.490 e. The second kappa shape index (κ2) is 10.9. The zero-order valence-electron chi connectivity index (χ0n) is 26.0. The Morgan fingerprint density at radius 2 is 1.91 bits per heavy atom. The Morgan fingerprint density at radius 3 is 2.59 bits per heavy atom. The number of hydrogen-bond donors (Lipinski definition) is 1. The summed E-state index contributed by atoms with van der Waals surface area (Å²) in [5.41, 5.74) is 5.34. The molecule has 4 aromatic heterocycles. The van der Waals surface area contributed by atoms with E-state index in [1.165, 1.54) is 6.07 Å². The third-order valence-corrected chi connectivity index (χ3v) is 8.18. The molecular formula is C34H36FN5O4. The first-order valence-electron chi connectivity index (χ1n) is 14.7. The molecule has 0 radical (unpaired) electrons. The summed E-state index contributed by atoms with van der Waals surface area (Å²) >= 11 is 0. The summed E-state index contributed by atoms with van der Waals surface area (Å²) in [5, 5.41) is 11.2. The van der Waals surface area contributed by atoms with Gasteiger partial charge in [0.15, 0.2) is 17.7 Å². The maximum absolute atomic E-state index is 15.7. The van der Waals surface area contributed by atoms with Crippen molar-refractivity contribution in [2.75, 3.05) is 6.61 Å². The van der Waals surface area contributed by atoms with Crippen LogP contribution in [0.4, 0.5) is 4.39 Å². The van der Waals surface area contributed by atoms with Crippen molar-refractivity contribution in [1.29, 1.82) is 0 Å². The lowest BCUT2D eigenvalue weighted by Crippen LogP contribution is -2.28. The Bertz CT molecular complexity index is 1930. The van der Waals surface area contributed by atoms with Gasteiger partial charge in [0.1, 0.15) is 17.3 Å². The number of rotatable bonds is 6. The largest absolute Gasteiger partial charge is 0.490 e. The van der Waals surface area contributed by atoms with Crippen LogP contribution in [0.1, 0.15) is 61.5 Å². The smallest absolute Gasteiger partial charge is 0.337 e. The van der Waals surface area contributed by atoms with Crippen LogP contribution in [0.3, 0.4) is 0 Å². The Morgan fingerprint density at radius 1 is 1.14 bits per heavy atom. The van der Waals surface area contributed by atoms with Crippen molar-refractivity contribution in [2.24, 2.45) is 7.05 Å². The molecule has 0 bridgehead atoms. The third kappa shape index (κ3) is 5.02. The highest BCUT2D eigenvalue weighted by atomic mass is 19.1. The summed E-state index contributed by atoms with van der Waals surface area (Å²) in [6, 6.07) is 7.34. The number of aryl methyl sites for hydroxylation is 3. The number of aliphatic carboxylic acids is 1. The highest BCUT2D eigenvalue weighted by Gasteiger charge is 2.34. The normalized spacial score (nSPS) is 14.0. The van der Waals surface area contributed by atoms with Crippen LogP contribution in [-0.4, -0.2) is 47.4 Å². The molecule has 9 nitrogen and oxygen atoms in total. The van der Waals surface area contributed by atoms with Crippen LogP contribution >= 0.6 is 0 Å². The summed E-state index contributed by atoms with van der Waals surface area (Å²) in [4.78, 5) is 26.6. The number of ether oxygens (including phenoxy) is 2. The van der Waals surface area contributed by atoms with E-state index in [9.17, 15) is 9.90 Å². The van der Waals surface area contributed by atoms with Gasteiger partial charge in [0, 0.05) is 59.0 Å². The Hall–Kier alpha value is -4.57. The standard InChI is InChI=1S/C34H36FN5O4/c1-18-22-9-8-14-43-30(22)25(35)16-23(18)29-24-17-26(21-10-11-37-27(15-21)40-13-12-36-20(40)3)39(7)32(24)38-19(2)28(29)31(33(41)42)44-34(4,5)6/h10-13,15-17,31H,8-9,14H2,1-7H3,(H,41,42)/t31-/m0/s1. The monoisotopic (exact) mass is 597 g/mol. The summed E-state index contributed by atoms with van der Waals surface area (Å²) in [6.07, 6.45) is 5.43. The molecule has 1 aliphatic rings. The first kappa shape index (κ1) is 29.5. The van der Waals surface area contributed by atoms with Gasteiger partial charge in [-0.15, -0.1) is 0 Å². The van der Waals surface area contributed by atoms with E-state index in [0.29, 0.717) is 52.3 Å². The first-order chi connectivity index (χ1) is 20.9. The quantitative estimate of drug-likeness (QED) is 0.229. The van der Waals surface area contributed by atoms with Gasteiger partial charge in [0.05, 0.1) is 17.9 Å². The van der Waals surface area contributed by atoms with E-state index in [4.69, 9.17) is 14.5 Å². The van der Waals surface area contributed by atoms with Gasteiger partial charge < -0.3 is 19.1 Å². The molecule has 0 saturated carbocycles. The van der Waals surface area contributed by atoms with E-state index < -0.39 is 23.5 Å². The number of fused-ring (bicyclic) bond motifs is 2. The number of aromatic nitrogens is 5. The molecule has 0 fully saturated rings. The molecular weight excluding hydrogens is 561 g/mol. The summed E-state index contributed by atoms with van der Waals surface area (Å²) in [6.45, 7) is 11.5. The third-order valence-electron chi connectivity index (χ3n) is 8.18. The van der Waals surface area contributed by atoms with E-state index in [0.717, 1.165) is 34.6 Å². The van der Waals surface area contributed by atoms with E-state index >= 15 is 4.39 Å².